The van der Waals surface area contributed by atoms with Gasteiger partial charge in [-0.3, -0.25) is 9.59 Å². The number of rotatable bonds is 6. The summed E-state index contributed by atoms with van der Waals surface area (Å²) >= 11 is 2.32. The lowest BCUT2D eigenvalue weighted by Crippen LogP contribution is -2.16. The second kappa shape index (κ2) is 7.20. The molecule has 0 unspecified atom stereocenters. The van der Waals surface area contributed by atoms with Crippen LogP contribution in [0.25, 0.3) is 11.0 Å². The molecule has 2 aromatic rings. The van der Waals surface area contributed by atoms with Crippen molar-refractivity contribution in [3.63, 3.8) is 0 Å². The lowest BCUT2D eigenvalue weighted by Gasteiger charge is -2.05. The summed E-state index contributed by atoms with van der Waals surface area (Å²) in [5.74, 6) is -0.132. The summed E-state index contributed by atoms with van der Waals surface area (Å²) in [6.07, 6.45) is 0. The Morgan fingerprint density at radius 2 is 2.20 bits per heavy atom. The van der Waals surface area contributed by atoms with Crippen molar-refractivity contribution in [3.05, 3.63) is 18.2 Å². The molecule has 20 heavy (non-hydrogen) atoms. The normalized spacial score (nSPS) is 10.4. The van der Waals surface area contributed by atoms with Gasteiger partial charge in [0, 0.05) is 0 Å². The number of thioether (sulfide) groups is 1. The fourth-order valence-corrected chi connectivity index (χ4v) is 2.68. The second-order valence-corrected chi connectivity index (χ2v) is 5.30. The first kappa shape index (κ1) is 14.7. The van der Waals surface area contributed by atoms with E-state index in [1.54, 1.807) is 13.0 Å². The van der Waals surface area contributed by atoms with Crippen molar-refractivity contribution in [2.24, 2.45) is 0 Å². The maximum absolute atomic E-state index is 11.8. The Morgan fingerprint density at radius 3 is 3.00 bits per heavy atom. The minimum absolute atomic E-state index is 0.170. The van der Waals surface area contributed by atoms with Crippen molar-refractivity contribution < 1.29 is 14.3 Å². The third-order valence-electron chi connectivity index (χ3n) is 2.32. The number of nitrogens with one attached hydrogen (secondary N) is 1. The highest BCUT2D eigenvalue weighted by atomic mass is 32.2. The van der Waals surface area contributed by atoms with Crippen LogP contribution >= 0.6 is 23.5 Å². The van der Waals surface area contributed by atoms with E-state index in [0.717, 1.165) is 17.2 Å². The highest BCUT2D eigenvalue weighted by molar-refractivity contribution is 8.00. The molecule has 0 saturated heterocycles. The first-order valence-electron chi connectivity index (χ1n) is 5.95. The van der Waals surface area contributed by atoms with E-state index >= 15 is 0 Å². The predicted octanol–water partition coefficient (Wildman–Crippen LogP) is 1.93. The lowest BCUT2D eigenvalue weighted by atomic mass is 10.2. The molecule has 2 rings (SSSR count). The average Bonchev–Trinajstić information content (AvgIpc) is 2.88. The Labute approximate surface area is 124 Å². The Bertz CT molecular complexity index is 615. The van der Waals surface area contributed by atoms with Gasteiger partial charge in [0.2, 0.25) is 5.91 Å². The smallest absolute Gasteiger partial charge is 0.315 e. The van der Waals surface area contributed by atoms with E-state index in [4.69, 9.17) is 4.74 Å². The number of fused-ring (bicyclic) bond motifs is 1. The topological polar surface area (TPSA) is 81.2 Å². The molecule has 0 aliphatic carbocycles. The number of anilines is 1. The molecule has 0 radical (unpaired) electrons. The van der Waals surface area contributed by atoms with Gasteiger partial charge in [0.25, 0.3) is 0 Å². The molecule has 1 aromatic carbocycles. The lowest BCUT2D eigenvalue weighted by molar-refractivity contribution is -0.139. The molecule has 1 amide bonds. The third-order valence-corrected chi connectivity index (χ3v) is 3.77. The molecule has 1 aromatic heterocycles. The van der Waals surface area contributed by atoms with Crippen molar-refractivity contribution in [2.45, 2.75) is 6.92 Å². The fraction of sp³-hybridized carbons (Fsp3) is 0.333. The van der Waals surface area contributed by atoms with Crippen molar-refractivity contribution >= 4 is 52.1 Å². The van der Waals surface area contributed by atoms with Gasteiger partial charge >= 0.3 is 5.97 Å². The number of ether oxygens (including phenoxy) is 1. The molecule has 0 bridgehead atoms. The number of aromatic nitrogens is 2. The number of esters is 1. The molecule has 0 aliphatic rings. The van der Waals surface area contributed by atoms with Crippen LogP contribution in [0, 0.1) is 0 Å². The summed E-state index contributed by atoms with van der Waals surface area (Å²) in [6.45, 7) is 2.10. The van der Waals surface area contributed by atoms with E-state index in [1.165, 1.54) is 11.8 Å². The standard InChI is InChI=1S/C12H13N3O3S2/c1-2-18-11(17)7-19-6-10(16)13-8-4-3-5-9-12(8)15-20-14-9/h3-5H,2,6-7H2,1H3,(H,13,16). The van der Waals surface area contributed by atoms with Crippen LogP contribution in [0.15, 0.2) is 18.2 Å². The van der Waals surface area contributed by atoms with Crippen LogP contribution in [0.2, 0.25) is 0 Å². The highest BCUT2D eigenvalue weighted by Crippen LogP contribution is 2.21. The minimum Gasteiger partial charge on any atom is -0.465 e. The third kappa shape index (κ3) is 3.91. The molecular weight excluding hydrogens is 298 g/mol. The van der Waals surface area contributed by atoms with Gasteiger partial charge < -0.3 is 10.1 Å². The van der Waals surface area contributed by atoms with Crippen LogP contribution < -0.4 is 5.32 Å². The van der Waals surface area contributed by atoms with Gasteiger partial charge in [0.1, 0.15) is 11.0 Å². The molecule has 0 aliphatic heterocycles. The molecule has 1 heterocycles. The zero-order valence-corrected chi connectivity index (χ0v) is 12.4. The largest absolute Gasteiger partial charge is 0.465 e. The summed E-state index contributed by atoms with van der Waals surface area (Å²) in [5, 5.41) is 2.77. The molecule has 0 saturated carbocycles. The van der Waals surface area contributed by atoms with Gasteiger partial charge in [0.05, 0.1) is 35.5 Å². The molecule has 0 atom stereocenters. The Morgan fingerprint density at radius 1 is 1.35 bits per heavy atom. The number of nitrogens with zero attached hydrogens (tertiary/aromatic N) is 2. The van der Waals surface area contributed by atoms with Crippen LogP contribution in [-0.2, 0) is 14.3 Å². The number of hydrogen-bond acceptors (Lipinski definition) is 7. The molecule has 8 heteroatoms. The molecule has 0 fully saturated rings. The van der Waals surface area contributed by atoms with Crippen molar-refractivity contribution in [1.82, 2.24) is 8.75 Å². The SMILES string of the molecule is CCOC(=O)CSCC(=O)Nc1cccc2nsnc12. The van der Waals surface area contributed by atoms with Gasteiger partial charge in [0.15, 0.2) is 0 Å². The van der Waals surface area contributed by atoms with Crippen LogP contribution in [-0.4, -0.2) is 38.7 Å². The minimum atomic E-state index is -0.309. The molecule has 106 valence electrons. The summed E-state index contributed by atoms with van der Waals surface area (Å²) < 4.78 is 13.0. The maximum Gasteiger partial charge on any atom is 0.315 e. The second-order valence-electron chi connectivity index (χ2n) is 3.78. The van der Waals surface area contributed by atoms with Gasteiger partial charge in [-0.2, -0.15) is 8.75 Å². The Hall–Kier alpha value is -1.67. The summed E-state index contributed by atoms with van der Waals surface area (Å²) in [7, 11) is 0. The predicted molar refractivity (Wildman–Crippen MR) is 80.0 cm³/mol. The van der Waals surface area contributed by atoms with Gasteiger partial charge in [-0.15, -0.1) is 11.8 Å². The van der Waals surface area contributed by atoms with Crippen molar-refractivity contribution in [3.8, 4) is 0 Å². The monoisotopic (exact) mass is 311 g/mol. The summed E-state index contributed by atoms with van der Waals surface area (Å²) in [4.78, 5) is 22.9. The quantitative estimate of drug-likeness (QED) is 0.821. The van der Waals surface area contributed by atoms with Crippen molar-refractivity contribution in [2.75, 3.05) is 23.4 Å². The van der Waals surface area contributed by atoms with E-state index in [1.807, 2.05) is 12.1 Å². The fourth-order valence-electron chi connectivity index (χ4n) is 1.52. The average molecular weight is 311 g/mol. The maximum atomic E-state index is 11.8. The molecule has 1 N–H and O–H groups in total. The zero-order valence-electron chi connectivity index (χ0n) is 10.8. The van der Waals surface area contributed by atoms with Crippen molar-refractivity contribution in [1.29, 1.82) is 0 Å². The first-order chi connectivity index (χ1) is 9.70. The van der Waals surface area contributed by atoms with E-state index in [-0.39, 0.29) is 23.4 Å². The van der Waals surface area contributed by atoms with E-state index < -0.39 is 0 Å². The summed E-state index contributed by atoms with van der Waals surface area (Å²) in [5.41, 5.74) is 2.08. The summed E-state index contributed by atoms with van der Waals surface area (Å²) in [6, 6.07) is 5.42. The molecule has 0 spiro atoms. The van der Waals surface area contributed by atoms with E-state index in [2.05, 4.69) is 14.1 Å². The molecular formula is C12H13N3O3S2. The van der Waals surface area contributed by atoms with Crippen LogP contribution in [0.5, 0.6) is 0 Å². The zero-order chi connectivity index (χ0) is 14.4. The van der Waals surface area contributed by atoms with Gasteiger partial charge in [-0.25, -0.2) is 0 Å². The molecule has 6 nitrogen and oxygen atoms in total. The van der Waals surface area contributed by atoms with Crippen LogP contribution in [0.3, 0.4) is 0 Å². The number of carbonyl (C=O) groups is 2. The number of carbonyl (C=O) groups excluding carboxylic acids is 2. The Balaban J connectivity index is 1.85. The first-order valence-corrected chi connectivity index (χ1v) is 7.83. The number of benzene rings is 1. The number of hydrogen-bond donors (Lipinski definition) is 1. The van der Waals surface area contributed by atoms with Gasteiger partial charge in [-0.05, 0) is 19.1 Å². The van der Waals surface area contributed by atoms with Crippen LogP contribution in [0.1, 0.15) is 6.92 Å². The van der Waals surface area contributed by atoms with E-state index in [0.29, 0.717) is 17.8 Å². The van der Waals surface area contributed by atoms with E-state index in [9.17, 15) is 9.59 Å². The Kier molecular flexibility index (Phi) is 5.31. The van der Waals surface area contributed by atoms with Gasteiger partial charge in [-0.1, -0.05) is 6.07 Å². The highest BCUT2D eigenvalue weighted by Gasteiger charge is 2.10. The number of amides is 1. The van der Waals surface area contributed by atoms with Crippen LogP contribution in [0.4, 0.5) is 5.69 Å².